The Morgan fingerprint density at radius 3 is 2.65 bits per heavy atom. The van der Waals surface area contributed by atoms with Gasteiger partial charge in [-0.25, -0.2) is 4.98 Å². The number of hydrogen-bond donors (Lipinski definition) is 1. The van der Waals surface area contributed by atoms with Gasteiger partial charge in [-0.05, 0) is 13.0 Å². The van der Waals surface area contributed by atoms with Gasteiger partial charge in [0.1, 0.15) is 0 Å². The zero-order valence-corrected chi connectivity index (χ0v) is 11.3. The molecule has 5 heteroatoms. The second-order valence-corrected chi connectivity index (χ2v) is 5.38. The molecule has 4 nitrogen and oxygen atoms in total. The molecule has 2 rings (SSSR count). The lowest BCUT2D eigenvalue weighted by molar-refractivity contribution is 0.127. The third-order valence-electron chi connectivity index (χ3n) is 3.29. The molecule has 1 aliphatic heterocycles. The third-order valence-corrected chi connectivity index (χ3v) is 3.90. The number of aromatic nitrogens is 1. The highest BCUT2D eigenvalue weighted by Crippen LogP contribution is 2.13. The molecule has 1 atom stereocenters. The molecule has 0 bridgehead atoms. The first kappa shape index (κ1) is 13.0. The Labute approximate surface area is 107 Å². The number of piperazine rings is 1. The molecule has 1 saturated heterocycles. The molecule has 17 heavy (non-hydrogen) atoms. The fourth-order valence-electron chi connectivity index (χ4n) is 2.29. The van der Waals surface area contributed by atoms with Gasteiger partial charge < -0.3 is 10.6 Å². The van der Waals surface area contributed by atoms with Crippen molar-refractivity contribution in [3.8, 4) is 0 Å². The Kier molecular flexibility index (Phi) is 4.91. The molecule has 1 aliphatic rings. The maximum atomic E-state index is 6.15. The van der Waals surface area contributed by atoms with Crippen molar-refractivity contribution in [3.63, 3.8) is 0 Å². The Hall–Kier alpha value is -0.490. The average Bonchev–Trinajstić information content (AvgIpc) is 2.86. The highest BCUT2D eigenvalue weighted by Gasteiger charge is 2.19. The van der Waals surface area contributed by atoms with Gasteiger partial charge in [0.05, 0.1) is 17.2 Å². The van der Waals surface area contributed by atoms with Crippen molar-refractivity contribution in [2.24, 2.45) is 5.73 Å². The molecule has 1 aromatic rings. The van der Waals surface area contributed by atoms with E-state index in [0.29, 0.717) is 0 Å². The molecule has 0 saturated carbocycles. The molecular formula is C12H22N4S. The predicted molar refractivity (Wildman–Crippen MR) is 72.2 cm³/mol. The summed E-state index contributed by atoms with van der Waals surface area (Å²) in [6.07, 6.45) is 1.25. The Balaban J connectivity index is 1.74. The number of thiazole rings is 1. The van der Waals surface area contributed by atoms with Gasteiger partial charge in [-0.2, -0.15) is 0 Å². The highest BCUT2D eigenvalue weighted by atomic mass is 32.1. The maximum absolute atomic E-state index is 6.15. The van der Waals surface area contributed by atoms with Crippen LogP contribution in [0.4, 0.5) is 0 Å². The minimum absolute atomic E-state index is 0.0685. The minimum Gasteiger partial charge on any atom is -0.322 e. The van der Waals surface area contributed by atoms with Crippen molar-refractivity contribution in [1.82, 2.24) is 14.8 Å². The van der Waals surface area contributed by atoms with Gasteiger partial charge in [-0.3, -0.25) is 4.90 Å². The van der Waals surface area contributed by atoms with E-state index in [2.05, 4.69) is 27.1 Å². The van der Waals surface area contributed by atoms with E-state index in [1.807, 2.05) is 5.51 Å². The summed E-state index contributed by atoms with van der Waals surface area (Å²) in [5.74, 6) is 0. The van der Waals surface area contributed by atoms with E-state index in [1.54, 1.807) is 11.3 Å². The van der Waals surface area contributed by atoms with Gasteiger partial charge in [-0.15, -0.1) is 11.3 Å². The van der Waals surface area contributed by atoms with Crippen molar-refractivity contribution in [2.45, 2.75) is 19.4 Å². The maximum Gasteiger partial charge on any atom is 0.0795 e. The van der Waals surface area contributed by atoms with Gasteiger partial charge in [-0.1, -0.05) is 6.92 Å². The lowest BCUT2D eigenvalue weighted by Crippen LogP contribution is -2.48. The summed E-state index contributed by atoms with van der Waals surface area (Å²) in [7, 11) is 0. The van der Waals surface area contributed by atoms with E-state index in [1.165, 1.54) is 26.1 Å². The Bertz CT molecular complexity index is 306. The molecule has 0 aliphatic carbocycles. The molecule has 0 aromatic carbocycles. The summed E-state index contributed by atoms with van der Waals surface area (Å²) in [4.78, 5) is 9.27. The molecule has 96 valence electrons. The van der Waals surface area contributed by atoms with Crippen LogP contribution in [0.25, 0.3) is 0 Å². The van der Waals surface area contributed by atoms with Crippen LogP contribution in [0.2, 0.25) is 0 Å². The molecular weight excluding hydrogens is 232 g/mol. The van der Waals surface area contributed by atoms with Crippen LogP contribution in [-0.2, 0) is 0 Å². The van der Waals surface area contributed by atoms with Crippen molar-refractivity contribution in [3.05, 3.63) is 16.6 Å². The number of nitrogens with two attached hydrogens (primary N) is 1. The summed E-state index contributed by atoms with van der Waals surface area (Å²) < 4.78 is 0. The van der Waals surface area contributed by atoms with Crippen LogP contribution in [0.3, 0.4) is 0 Å². The number of rotatable bonds is 5. The van der Waals surface area contributed by atoms with Gasteiger partial charge in [0.15, 0.2) is 0 Å². The van der Waals surface area contributed by atoms with Crippen LogP contribution in [0.1, 0.15) is 25.1 Å². The first-order chi connectivity index (χ1) is 8.29. The van der Waals surface area contributed by atoms with Gasteiger partial charge in [0.25, 0.3) is 0 Å². The lowest BCUT2D eigenvalue weighted by Gasteiger charge is -2.35. The second-order valence-electron chi connectivity index (χ2n) is 4.66. The quantitative estimate of drug-likeness (QED) is 0.857. The van der Waals surface area contributed by atoms with Crippen molar-refractivity contribution in [2.75, 3.05) is 39.3 Å². The van der Waals surface area contributed by atoms with Crippen LogP contribution in [0, 0.1) is 0 Å². The molecule has 2 heterocycles. The zero-order chi connectivity index (χ0) is 12.1. The van der Waals surface area contributed by atoms with Crippen molar-refractivity contribution >= 4 is 11.3 Å². The van der Waals surface area contributed by atoms with E-state index in [4.69, 9.17) is 5.73 Å². The van der Waals surface area contributed by atoms with Crippen LogP contribution < -0.4 is 5.73 Å². The van der Waals surface area contributed by atoms with E-state index < -0.39 is 0 Å². The summed E-state index contributed by atoms with van der Waals surface area (Å²) in [6.45, 7) is 9.03. The van der Waals surface area contributed by atoms with Crippen LogP contribution >= 0.6 is 11.3 Å². The van der Waals surface area contributed by atoms with E-state index in [0.717, 1.165) is 25.3 Å². The van der Waals surface area contributed by atoms with Crippen molar-refractivity contribution in [1.29, 1.82) is 0 Å². The third kappa shape index (κ3) is 3.74. The predicted octanol–water partition coefficient (Wildman–Crippen LogP) is 1.17. The standard InChI is InChI=1S/C12H22N4S/c1-2-3-15-4-6-16(7-5-15)8-11(13)12-9-17-10-14-12/h9-11H,2-8,13H2,1H3. The fraction of sp³-hybridized carbons (Fsp3) is 0.750. The van der Waals surface area contributed by atoms with Crippen LogP contribution in [-0.4, -0.2) is 54.1 Å². The monoisotopic (exact) mass is 254 g/mol. The fourth-order valence-corrected chi connectivity index (χ4v) is 2.91. The molecule has 0 amide bonds. The first-order valence-corrected chi connectivity index (χ1v) is 7.32. The SMILES string of the molecule is CCCN1CCN(CC(N)c2cscn2)CC1. The number of hydrogen-bond acceptors (Lipinski definition) is 5. The zero-order valence-electron chi connectivity index (χ0n) is 10.5. The average molecular weight is 254 g/mol. The molecule has 1 fully saturated rings. The molecule has 0 radical (unpaired) electrons. The molecule has 0 spiro atoms. The van der Waals surface area contributed by atoms with Crippen LogP contribution in [0.5, 0.6) is 0 Å². The van der Waals surface area contributed by atoms with E-state index in [9.17, 15) is 0 Å². The summed E-state index contributed by atoms with van der Waals surface area (Å²) in [5.41, 5.74) is 9.04. The summed E-state index contributed by atoms with van der Waals surface area (Å²) >= 11 is 1.62. The van der Waals surface area contributed by atoms with Crippen LogP contribution in [0.15, 0.2) is 10.9 Å². The van der Waals surface area contributed by atoms with Crippen molar-refractivity contribution < 1.29 is 0 Å². The summed E-state index contributed by atoms with van der Waals surface area (Å²) in [6, 6.07) is 0.0685. The Morgan fingerprint density at radius 2 is 2.06 bits per heavy atom. The normalized spacial score (nSPS) is 20.6. The largest absolute Gasteiger partial charge is 0.322 e. The molecule has 1 aromatic heterocycles. The summed E-state index contributed by atoms with van der Waals surface area (Å²) in [5, 5.41) is 2.05. The molecule has 2 N–H and O–H groups in total. The van der Waals surface area contributed by atoms with E-state index >= 15 is 0 Å². The smallest absolute Gasteiger partial charge is 0.0795 e. The lowest BCUT2D eigenvalue weighted by atomic mass is 10.2. The second kappa shape index (κ2) is 6.44. The topological polar surface area (TPSA) is 45.4 Å². The number of nitrogens with zero attached hydrogens (tertiary/aromatic N) is 3. The van der Waals surface area contributed by atoms with Gasteiger partial charge in [0, 0.05) is 38.1 Å². The highest BCUT2D eigenvalue weighted by molar-refractivity contribution is 7.07. The minimum atomic E-state index is 0.0685. The Morgan fingerprint density at radius 1 is 1.35 bits per heavy atom. The first-order valence-electron chi connectivity index (χ1n) is 6.38. The van der Waals surface area contributed by atoms with Gasteiger partial charge >= 0.3 is 0 Å². The van der Waals surface area contributed by atoms with E-state index in [-0.39, 0.29) is 6.04 Å². The van der Waals surface area contributed by atoms with Gasteiger partial charge in [0.2, 0.25) is 0 Å². The molecule has 1 unspecified atom stereocenters.